The van der Waals surface area contributed by atoms with E-state index in [1.165, 1.54) is 295 Å². The van der Waals surface area contributed by atoms with E-state index in [4.69, 9.17) is 4.74 Å². The number of carbonyl (C=O) groups is 2. The molecular weight excluding hydrogens is 863 g/mol. The number of rotatable bonds is 61. The topological polar surface area (TPSA) is 95.9 Å². The fourth-order valence-electron chi connectivity index (χ4n) is 10.5. The summed E-state index contributed by atoms with van der Waals surface area (Å²) in [7, 11) is 0. The minimum Gasteiger partial charge on any atom is -0.466 e. The molecule has 6 nitrogen and oxygen atoms in total. The fraction of sp³-hybridized carbons (Fsp3) is 0.969. The van der Waals surface area contributed by atoms with E-state index in [1.807, 2.05) is 0 Å². The van der Waals surface area contributed by atoms with Crippen LogP contribution in [0.4, 0.5) is 0 Å². The Labute approximate surface area is 438 Å². The van der Waals surface area contributed by atoms with E-state index in [2.05, 4.69) is 19.2 Å². The van der Waals surface area contributed by atoms with Gasteiger partial charge in [-0.15, -0.1) is 0 Å². The van der Waals surface area contributed by atoms with Gasteiger partial charge in [-0.05, 0) is 25.7 Å². The highest BCUT2D eigenvalue weighted by molar-refractivity contribution is 5.76. The Hall–Kier alpha value is -1.14. The Bertz CT molecular complexity index is 1010. The Kier molecular flexibility index (Phi) is 59.4. The molecule has 0 radical (unpaired) electrons. The van der Waals surface area contributed by atoms with Gasteiger partial charge in [0.2, 0.25) is 5.91 Å². The highest BCUT2D eigenvalue weighted by Crippen LogP contribution is 2.19. The van der Waals surface area contributed by atoms with Crippen molar-refractivity contribution in [1.82, 2.24) is 5.32 Å². The summed E-state index contributed by atoms with van der Waals surface area (Å²) in [5.74, 6) is -0.0324. The highest BCUT2D eigenvalue weighted by Gasteiger charge is 2.20. The van der Waals surface area contributed by atoms with Crippen LogP contribution in [0.1, 0.15) is 373 Å². The van der Waals surface area contributed by atoms with Crippen LogP contribution in [0.15, 0.2) is 0 Å². The molecule has 2 unspecified atom stereocenters. The van der Waals surface area contributed by atoms with Gasteiger partial charge in [-0.1, -0.05) is 335 Å². The van der Waals surface area contributed by atoms with Gasteiger partial charge in [0.05, 0.1) is 25.4 Å². The molecule has 1 amide bonds. The maximum absolute atomic E-state index is 12.5. The molecule has 2 atom stereocenters. The molecule has 0 bridgehead atoms. The number of hydrogen-bond donors (Lipinski definition) is 3. The number of esters is 1. The largest absolute Gasteiger partial charge is 0.466 e. The van der Waals surface area contributed by atoms with Gasteiger partial charge in [0, 0.05) is 12.8 Å². The van der Waals surface area contributed by atoms with Crippen LogP contribution in [0, 0.1) is 0 Å². The third-order valence-corrected chi connectivity index (χ3v) is 15.4. The van der Waals surface area contributed by atoms with Gasteiger partial charge in [-0.25, -0.2) is 0 Å². The lowest BCUT2D eigenvalue weighted by Gasteiger charge is -2.22. The molecule has 0 aromatic rings. The number of unbranched alkanes of at least 4 members (excludes halogenated alkanes) is 50. The van der Waals surface area contributed by atoms with Crippen molar-refractivity contribution in [2.45, 2.75) is 386 Å². The van der Waals surface area contributed by atoms with Gasteiger partial charge < -0.3 is 20.3 Å². The Morgan fingerprint density at radius 1 is 0.343 bits per heavy atom. The minimum atomic E-state index is -0.670. The third kappa shape index (κ3) is 56.2. The standard InChI is InChI=1S/C64H127NO5/c1-3-5-7-9-11-13-15-17-19-21-22-23-24-25-26-28-32-36-40-44-48-52-56-62(67)61(60-66)65-63(68)57-53-49-45-41-37-33-29-27-31-35-39-43-47-51-55-59-70-64(69)58-54-50-46-42-38-34-30-20-18-16-14-12-10-8-6-4-2/h61-62,66-67H,3-60H2,1-2H3,(H,65,68). The average molecular weight is 991 g/mol. The molecule has 6 heteroatoms. The SMILES string of the molecule is CCCCCCCCCCCCCCCCCCCCCCCCC(O)C(CO)NC(=O)CCCCCCCCCCCCCCCCCOC(=O)CCCCCCCCCCCCCCCCCC. The second-order valence-corrected chi connectivity index (χ2v) is 22.5. The van der Waals surface area contributed by atoms with Gasteiger partial charge in [0.15, 0.2) is 0 Å². The summed E-state index contributed by atoms with van der Waals surface area (Å²) < 4.78 is 5.49. The summed E-state index contributed by atoms with van der Waals surface area (Å²) in [6.45, 7) is 4.98. The predicted octanol–water partition coefficient (Wildman–Crippen LogP) is 20.3. The molecule has 0 fully saturated rings. The average Bonchev–Trinajstić information content (AvgIpc) is 3.36. The number of aliphatic hydroxyl groups is 2. The third-order valence-electron chi connectivity index (χ3n) is 15.4. The first-order valence-electron chi connectivity index (χ1n) is 32.3. The van der Waals surface area contributed by atoms with Crippen LogP contribution in [-0.4, -0.2) is 47.4 Å². The van der Waals surface area contributed by atoms with Crippen molar-refractivity contribution in [3.8, 4) is 0 Å². The molecule has 0 rings (SSSR count). The predicted molar refractivity (Wildman–Crippen MR) is 306 cm³/mol. The lowest BCUT2D eigenvalue weighted by Crippen LogP contribution is -2.45. The quantitative estimate of drug-likeness (QED) is 0.0417. The first-order chi connectivity index (χ1) is 34.5. The Morgan fingerprint density at radius 3 is 0.871 bits per heavy atom. The van der Waals surface area contributed by atoms with Crippen LogP contribution < -0.4 is 5.32 Å². The van der Waals surface area contributed by atoms with Gasteiger partial charge >= 0.3 is 5.97 Å². The summed E-state index contributed by atoms with van der Waals surface area (Å²) in [4.78, 5) is 24.6. The van der Waals surface area contributed by atoms with Crippen molar-refractivity contribution in [3.63, 3.8) is 0 Å². The molecule has 0 saturated heterocycles. The lowest BCUT2D eigenvalue weighted by molar-refractivity contribution is -0.143. The van der Waals surface area contributed by atoms with E-state index in [0.717, 1.165) is 44.9 Å². The maximum atomic E-state index is 12.5. The molecule has 0 aromatic heterocycles. The number of hydrogen-bond acceptors (Lipinski definition) is 5. The lowest BCUT2D eigenvalue weighted by atomic mass is 10.0. The summed E-state index contributed by atoms with van der Waals surface area (Å²) in [5, 5.41) is 23.4. The van der Waals surface area contributed by atoms with Crippen LogP contribution in [0.25, 0.3) is 0 Å². The van der Waals surface area contributed by atoms with Gasteiger partial charge in [0.1, 0.15) is 0 Å². The first kappa shape index (κ1) is 68.9. The monoisotopic (exact) mass is 990 g/mol. The summed E-state index contributed by atoms with van der Waals surface area (Å²) in [6.07, 6.45) is 71.1. The molecule has 418 valence electrons. The smallest absolute Gasteiger partial charge is 0.305 e. The summed E-state index contributed by atoms with van der Waals surface area (Å²) in [5.41, 5.74) is 0. The second kappa shape index (κ2) is 60.4. The van der Waals surface area contributed by atoms with Crippen molar-refractivity contribution >= 4 is 11.9 Å². The van der Waals surface area contributed by atoms with Crippen LogP contribution in [-0.2, 0) is 14.3 Å². The van der Waals surface area contributed by atoms with E-state index >= 15 is 0 Å². The van der Waals surface area contributed by atoms with E-state index < -0.39 is 12.1 Å². The van der Waals surface area contributed by atoms with E-state index in [0.29, 0.717) is 25.9 Å². The molecule has 0 heterocycles. The molecule has 0 aromatic carbocycles. The summed E-state index contributed by atoms with van der Waals surface area (Å²) in [6, 6.07) is -0.548. The van der Waals surface area contributed by atoms with Crippen LogP contribution in [0.2, 0.25) is 0 Å². The first-order valence-corrected chi connectivity index (χ1v) is 32.3. The van der Waals surface area contributed by atoms with E-state index in [9.17, 15) is 19.8 Å². The molecular formula is C64H127NO5. The van der Waals surface area contributed by atoms with E-state index in [-0.39, 0.29) is 18.5 Å². The molecule has 3 N–H and O–H groups in total. The van der Waals surface area contributed by atoms with Gasteiger partial charge in [0.25, 0.3) is 0 Å². The second-order valence-electron chi connectivity index (χ2n) is 22.5. The van der Waals surface area contributed by atoms with Crippen molar-refractivity contribution in [2.24, 2.45) is 0 Å². The molecule has 0 aliphatic heterocycles. The number of aliphatic hydroxyl groups excluding tert-OH is 2. The number of nitrogens with one attached hydrogen (secondary N) is 1. The Balaban J connectivity index is 3.40. The number of carbonyl (C=O) groups excluding carboxylic acids is 2. The van der Waals surface area contributed by atoms with Crippen molar-refractivity contribution in [3.05, 3.63) is 0 Å². The molecule has 70 heavy (non-hydrogen) atoms. The van der Waals surface area contributed by atoms with Gasteiger partial charge in [-0.2, -0.15) is 0 Å². The minimum absolute atomic E-state index is 0.00580. The number of amides is 1. The van der Waals surface area contributed by atoms with Crippen molar-refractivity contribution in [2.75, 3.05) is 13.2 Å². The molecule has 0 saturated carbocycles. The zero-order valence-electron chi connectivity index (χ0n) is 47.8. The molecule has 0 spiro atoms. The van der Waals surface area contributed by atoms with Crippen molar-refractivity contribution in [1.29, 1.82) is 0 Å². The van der Waals surface area contributed by atoms with Crippen LogP contribution in [0.3, 0.4) is 0 Å². The van der Waals surface area contributed by atoms with Crippen molar-refractivity contribution < 1.29 is 24.5 Å². The number of ether oxygens (including phenoxy) is 1. The van der Waals surface area contributed by atoms with Crippen LogP contribution >= 0.6 is 0 Å². The zero-order chi connectivity index (χ0) is 50.7. The van der Waals surface area contributed by atoms with Gasteiger partial charge in [-0.3, -0.25) is 9.59 Å². The zero-order valence-corrected chi connectivity index (χ0v) is 47.8. The molecule has 0 aliphatic rings. The summed E-state index contributed by atoms with van der Waals surface area (Å²) >= 11 is 0. The maximum Gasteiger partial charge on any atom is 0.305 e. The Morgan fingerprint density at radius 2 is 0.586 bits per heavy atom. The van der Waals surface area contributed by atoms with Crippen LogP contribution in [0.5, 0.6) is 0 Å². The fourth-order valence-corrected chi connectivity index (χ4v) is 10.5. The normalized spacial score (nSPS) is 12.5. The molecule has 0 aliphatic carbocycles. The highest BCUT2D eigenvalue weighted by atomic mass is 16.5. The van der Waals surface area contributed by atoms with E-state index in [1.54, 1.807) is 0 Å².